The first-order valence-corrected chi connectivity index (χ1v) is 13.3. The molecule has 0 atom stereocenters. The van der Waals surface area contributed by atoms with Gasteiger partial charge in [-0.15, -0.1) is 0 Å². The van der Waals surface area contributed by atoms with Crippen molar-refractivity contribution in [3.63, 3.8) is 0 Å². The van der Waals surface area contributed by atoms with E-state index in [1.54, 1.807) is 12.1 Å². The lowest BCUT2D eigenvalue weighted by atomic mass is 9.89. The topological polar surface area (TPSA) is 21.1 Å². The van der Waals surface area contributed by atoms with Gasteiger partial charge in [0.25, 0.3) is 0 Å². The van der Waals surface area contributed by atoms with Crippen LogP contribution in [0.2, 0.25) is 0 Å². The molecular formula is C32H25F6N3. The number of anilines is 1. The number of piperidine rings is 1. The van der Waals surface area contributed by atoms with Gasteiger partial charge in [0.15, 0.2) is 0 Å². The highest BCUT2D eigenvalue weighted by Gasteiger charge is 2.35. The molecule has 41 heavy (non-hydrogen) atoms. The van der Waals surface area contributed by atoms with Crippen LogP contribution in [-0.2, 0) is 12.7 Å². The van der Waals surface area contributed by atoms with E-state index in [4.69, 9.17) is 0 Å². The lowest BCUT2D eigenvalue weighted by Crippen LogP contribution is -2.32. The summed E-state index contributed by atoms with van der Waals surface area (Å²) in [6, 6.07) is 22.5. The molecule has 0 spiro atoms. The number of halogens is 6. The maximum Gasteiger partial charge on any atom is 0.418 e. The Morgan fingerprint density at radius 3 is 2.07 bits per heavy atom. The Balaban J connectivity index is 1.35. The van der Waals surface area contributed by atoms with Gasteiger partial charge in [-0.05, 0) is 42.5 Å². The van der Waals surface area contributed by atoms with Crippen LogP contribution in [0.5, 0.6) is 0 Å². The monoisotopic (exact) mass is 565 g/mol. The molecule has 0 amide bonds. The van der Waals surface area contributed by atoms with E-state index in [2.05, 4.69) is 22.1 Å². The van der Waals surface area contributed by atoms with Gasteiger partial charge in [0.1, 0.15) is 23.0 Å². The second-order valence-electron chi connectivity index (χ2n) is 10.3. The SMILES string of the molecule is Fc1cc(F)c(Cn2nc3c(C(F)(F)F)cccc3c2-c2ccc(N3CCC(c4ccccc4)CC3)cc2)c(F)c1. The number of hydrogen-bond acceptors (Lipinski definition) is 2. The van der Waals surface area contributed by atoms with Gasteiger partial charge < -0.3 is 4.90 Å². The van der Waals surface area contributed by atoms with Crippen LogP contribution in [0.15, 0.2) is 84.9 Å². The molecule has 0 radical (unpaired) electrons. The van der Waals surface area contributed by atoms with Gasteiger partial charge in [-0.25, -0.2) is 13.2 Å². The van der Waals surface area contributed by atoms with Crippen molar-refractivity contribution < 1.29 is 26.3 Å². The van der Waals surface area contributed by atoms with Crippen molar-refractivity contribution in [1.29, 1.82) is 0 Å². The fraction of sp³-hybridized carbons (Fsp3) is 0.219. The van der Waals surface area contributed by atoms with E-state index >= 15 is 0 Å². The van der Waals surface area contributed by atoms with Crippen molar-refractivity contribution in [2.45, 2.75) is 31.5 Å². The summed E-state index contributed by atoms with van der Waals surface area (Å²) < 4.78 is 85.3. The maximum absolute atomic E-state index is 14.5. The van der Waals surface area contributed by atoms with Gasteiger partial charge in [0.05, 0.1) is 17.8 Å². The molecule has 4 aromatic carbocycles. The summed E-state index contributed by atoms with van der Waals surface area (Å²) >= 11 is 0. The summed E-state index contributed by atoms with van der Waals surface area (Å²) in [6.07, 6.45) is -2.69. The highest BCUT2D eigenvalue weighted by atomic mass is 19.4. The molecule has 1 fully saturated rings. The molecule has 0 aliphatic carbocycles. The lowest BCUT2D eigenvalue weighted by molar-refractivity contribution is -0.136. The molecule has 5 aromatic rings. The van der Waals surface area contributed by atoms with Gasteiger partial charge in [0.2, 0.25) is 0 Å². The second-order valence-corrected chi connectivity index (χ2v) is 10.3. The highest BCUT2D eigenvalue weighted by Crippen LogP contribution is 2.39. The van der Waals surface area contributed by atoms with Crippen molar-refractivity contribution >= 4 is 16.6 Å². The zero-order valence-electron chi connectivity index (χ0n) is 21.8. The molecule has 1 aliphatic rings. The number of aromatic nitrogens is 2. The van der Waals surface area contributed by atoms with E-state index in [1.165, 1.54) is 17.7 Å². The zero-order chi connectivity index (χ0) is 28.7. The minimum absolute atomic E-state index is 0.194. The quantitative estimate of drug-likeness (QED) is 0.199. The molecular weight excluding hydrogens is 540 g/mol. The minimum Gasteiger partial charge on any atom is -0.371 e. The zero-order valence-corrected chi connectivity index (χ0v) is 21.8. The Morgan fingerprint density at radius 1 is 0.780 bits per heavy atom. The highest BCUT2D eigenvalue weighted by molar-refractivity contribution is 5.95. The summed E-state index contributed by atoms with van der Waals surface area (Å²) in [5, 5.41) is 4.36. The molecule has 0 N–H and O–H groups in total. The van der Waals surface area contributed by atoms with Gasteiger partial charge >= 0.3 is 6.18 Å². The summed E-state index contributed by atoms with van der Waals surface area (Å²) in [7, 11) is 0. The van der Waals surface area contributed by atoms with Crippen LogP contribution in [0.3, 0.4) is 0 Å². The van der Waals surface area contributed by atoms with Gasteiger partial charge in [-0.3, -0.25) is 4.68 Å². The first kappa shape index (κ1) is 26.9. The molecule has 6 rings (SSSR count). The summed E-state index contributed by atoms with van der Waals surface area (Å²) in [5.74, 6) is -2.88. The third-order valence-corrected chi connectivity index (χ3v) is 7.76. The molecule has 0 bridgehead atoms. The van der Waals surface area contributed by atoms with Gasteiger partial charge in [-0.2, -0.15) is 18.3 Å². The van der Waals surface area contributed by atoms with Crippen LogP contribution in [0, 0.1) is 17.5 Å². The van der Waals surface area contributed by atoms with E-state index < -0.39 is 41.3 Å². The molecule has 2 heterocycles. The van der Waals surface area contributed by atoms with Crippen molar-refractivity contribution in [3.8, 4) is 11.3 Å². The third kappa shape index (κ3) is 5.28. The van der Waals surface area contributed by atoms with Crippen LogP contribution in [0.4, 0.5) is 32.0 Å². The average molecular weight is 566 g/mol. The van der Waals surface area contributed by atoms with E-state index in [0.29, 0.717) is 23.6 Å². The standard InChI is InChI=1S/C32H25F6N3/c33-23-17-28(34)26(29(35)18-23)19-41-31(25-7-4-8-27(30(25)39-41)32(36,37)38)22-9-11-24(12-10-22)40-15-13-21(14-16-40)20-5-2-1-3-6-20/h1-12,17-18,21H,13-16,19H2. The predicted octanol–water partition coefficient (Wildman–Crippen LogP) is 8.57. The summed E-state index contributed by atoms with van der Waals surface area (Å²) in [5.41, 5.74) is 1.35. The molecule has 1 aliphatic heterocycles. The van der Waals surface area contributed by atoms with Gasteiger partial charge in [0, 0.05) is 47.4 Å². The number of benzene rings is 4. The fourth-order valence-electron chi connectivity index (χ4n) is 5.70. The Labute approximate surface area is 232 Å². The number of fused-ring (bicyclic) bond motifs is 1. The molecule has 1 saturated heterocycles. The Kier molecular flexibility index (Phi) is 6.97. The molecule has 0 saturated carbocycles. The normalized spacial score (nSPS) is 14.6. The molecule has 0 unspecified atom stereocenters. The van der Waals surface area contributed by atoms with Crippen LogP contribution in [-0.4, -0.2) is 22.9 Å². The number of nitrogens with zero attached hydrogens (tertiary/aromatic N) is 3. The van der Waals surface area contributed by atoms with Crippen molar-refractivity contribution in [1.82, 2.24) is 9.78 Å². The first-order valence-electron chi connectivity index (χ1n) is 13.3. The number of rotatable bonds is 5. The van der Waals surface area contributed by atoms with E-state index in [-0.39, 0.29) is 16.6 Å². The lowest BCUT2D eigenvalue weighted by Gasteiger charge is -2.34. The number of alkyl halides is 3. The van der Waals surface area contributed by atoms with Crippen LogP contribution >= 0.6 is 0 Å². The molecule has 9 heteroatoms. The average Bonchev–Trinajstić information content (AvgIpc) is 3.33. The van der Waals surface area contributed by atoms with Crippen LogP contribution in [0.25, 0.3) is 22.2 Å². The molecule has 1 aromatic heterocycles. The van der Waals surface area contributed by atoms with Gasteiger partial charge in [-0.1, -0.05) is 54.6 Å². The Bertz CT molecular complexity index is 1660. The van der Waals surface area contributed by atoms with E-state index in [0.717, 1.165) is 42.4 Å². The largest absolute Gasteiger partial charge is 0.418 e. The van der Waals surface area contributed by atoms with Crippen molar-refractivity contribution in [2.75, 3.05) is 18.0 Å². The van der Waals surface area contributed by atoms with Crippen molar-refractivity contribution in [2.24, 2.45) is 0 Å². The summed E-state index contributed by atoms with van der Waals surface area (Å²) in [4.78, 5) is 2.27. The van der Waals surface area contributed by atoms with E-state index in [1.807, 2.05) is 30.3 Å². The minimum atomic E-state index is -4.68. The second kappa shape index (κ2) is 10.6. The molecule has 3 nitrogen and oxygen atoms in total. The predicted molar refractivity (Wildman–Crippen MR) is 146 cm³/mol. The first-order chi connectivity index (χ1) is 19.7. The number of hydrogen-bond donors (Lipinski definition) is 0. The van der Waals surface area contributed by atoms with Crippen LogP contribution in [0.1, 0.15) is 35.4 Å². The Hall–Kier alpha value is -4.27. The molecule has 210 valence electrons. The van der Waals surface area contributed by atoms with Crippen LogP contribution < -0.4 is 4.90 Å². The maximum atomic E-state index is 14.5. The summed E-state index contributed by atoms with van der Waals surface area (Å²) in [6.45, 7) is 1.20. The van der Waals surface area contributed by atoms with E-state index in [9.17, 15) is 26.3 Å². The Morgan fingerprint density at radius 2 is 1.44 bits per heavy atom. The smallest absolute Gasteiger partial charge is 0.371 e. The fourth-order valence-corrected chi connectivity index (χ4v) is 5.70. The third-order valence-electron chi connectivity index (χ3n) is 7.76. The van der Waals surface area contributed by atoms with Crippen molar-refractivity contribution in [3.05, 3.63) is 119 Å².